The predicted molar refractivity (Wildman–Crippen MR) is 69.7 cm³/mol. The second kappa shape index (κ2) is 7.97. The molecule has 1 rings (SSSR count). The van der Waals surface area contributed by atoms with Crippen LogP contribution in [0.25, 0.3) is 0 Å². The van der Waals surface area contributed by atoms with Crippen molar-refractivity contribution in [3.63, 3.8) is 0 Å². The SMILES string of the molecule is C=CCN(CC)CCn1cc(CNCC)nn1. The molecule has 0 bridgehead atoms. The van der Waals surface area contributed by atoms with Gasteiger partial charge in [-0.1, -0.05) is 25.1 Å². The van der Waals surface area contributed by atoms with Crippen LogP contribution in [0.3, 0.4) is 0 Å². The molecule has 1 heterocycles. The molecule has 0 spiro atoms. The van der Waals surface area contributed by atoms with E-state index in [0.717, 1.165) is 45.0 Å². The zero-order valence-electron chi connectivity index (χ0n) is 10.9. The lowest BCUT2D eigenvalue weighted by Gasteiger charge is -2.17. The highest BCUT2D eigenvalue weighted by Gasteiger charge is 2.03. The molecule has 0 radical (unpaired) electrons. The Morgan fingerprint density at radius 2 is 2.35 bits per heavy atom. The van der Waals surface area contributed by atoms with Gasteiger partial charge in [0.25, 0.3) is 0 Å². The third-order valence-corrected chi connectivity index (χ3v) is 2.62. The number of rotatable bonds is 9. The van der Waals surface area contributed by atoms with Gasteiger partial charge in [0.05, 0.1) is 12.2 Å². The Bertz CT molecular complexity index is 320. The van der Waals surface area contributed by atoms with Gasteiger partial charge in [-0.3, -0.25) is 9.58 Å². The number of hydrogen-bond donors (Lipinski definition) is 1. The molecule has 0 aromatic carbocycles. The molecular weight excluding hydrogens is 214 g/mol. The van der Waals surface area contributed by atoms with Crippen LogP contribution in [0.5, 0.6) is 0 Å². The van der Waals surface area contributed by atoms with E-state index in [9.17, 15) is 0 Å². The summed E-state index contributed by atoms with van der Waals surface area (Å²) in [5.41, 5.74) is 0.999. The van der Waals surface area contributed by atoms with E-state index in [1.165, 1.54) is 0 Å². The van der Waals surface area contributed by atoms with Crippen molar-refractivity contribution in [1.29, 1.82) is 0 Å². The standard InChI is InChI=1S/C12H23N5/c1-4-7-16(6-3)8-9-17-11-12(14-15-17)10-13-5-2/h4,11,13H,1,5-10H2,2-3H3. The van der Waals surface area contributed by atoms with Gasteiger partial charge in [0.2, 0.25) is 0 Å². The Balaban J connectivity index is 2.35. The fourth-order valence-electron chi connectivity index (χ4n) is 1.59. The molecule has 5 nitrogen and oxygen atoms in total. The van der Waals surface area contributed by atoms with Crippen LogP contribution in [-0.4, -0.2) is 46.1 Å². The van der Waals surface area contributed by atoms with Crippen molar-refractivity contribution in [1.82, 2.24) is 25.2 Å². The van der Waals surface area contributed by atoms with E-state index in [4.69, 9.17) is 0 Å². The highest BCUT2D eigenvalue weighted by Crippen LogP contribution is 1.95. The lowest BCUT2D eigenvalue weighted by atomic mass is 10.4. The van der Waals surface area contributed by atoms with Crippen LogP contribution in [-0.2, 0) is 13.1 Å². The van der Waals surface area contributed by atoms with E-state index < -0.39 is 0 Å². The minimum Gasteiger partial charge on any atom is -0.311 e. The van der Waals surface area contributed by atoms with Crippen molar-refractivity contribution in [2.24, 2.45) is 0 Å². The first-order valence-corrected chi connectivity index (χ1v) is 6.23. The van der Waals surface area contributed by atoms with E-state index in [-0.39, 0.29) is 0 Å². The molecule has 0 fully saturated rings. The molecule has 96 valence electrons. The molecule has 0 aliphatic rings. The smallest absolute Gasteiger partial charge is 0.0964 e. The van der Waals surface area contributed by atoms with Crippen LogP contribution in [0.4, 0.5) is 0 Å². The van der Waals surface area contributed by atoms with Gasteiger partial charge in [-0.15, -0.1) is 11.7 Å². The summed E-state index contributed by atoms with van der Waals surface area (Å²) < 4.78 is 1.90. The molecule has 0 aliphatic heterocycles. The van der Waals surface area contributed by atoms with E-state index in [2.05, 4.69) is 41.0 Å². The number of nitrogens with one attached hydrogen (secondary N) is 1. The van der Waals surface area contributed by atoms with Crippen molar-refractivity contribution in [3.8, 4) is 0 Å². The third kappa shape index (κ3) is 5.10. The average molecular weight is 237 g/mol. The molecule has 1 N–H and O–H groups in total. The first kappa shape index (κ1) is 13.9. The zero-order valence-corrected chi connectivity index (χ0v) is 10.9. The van der Waals surface area contributed by atoms with E-state index in [1.807, 2.05) is 17.0 Å². The Labute approximate surface area is 103 Å². The predicted octanol–water partition coefficient (Wildman–Crippen LogP) is 0.895. The van der Waals surface area contributed by atoms with Crippen LogP contribution < -0.4 is 5.32 Å². The van der Waals surface area contributed by atoms with Crippen LogP contribution in [0.1, 0.15) is 19.5 Å². The minimum absolute atomic E-state index is 0.792. The van der Waals surface area contributed by atoms with Crippen LogP contribution in [0, 0.1) is 0 Å². The summed E-state index contributed by atoms with van der Waals surface area (Å²) in [5, 5.41) is 11.5. The van der Waals surface area contributed by atoms with E-state index >= 15 is 0 Å². The van der Waals surface area contributed by atoms with Crippen molar-refractivity contribution in [3.05, 3.63) is 24.5 Å². The van der Waals surface area contributed by atoms with Gasteiger partial charge in [-0.25, -0.2) is 0 Å². The molecule has 0 saturated heterocycles. The Morgan fingerprint density at radius 3 is 3.00 bits per heavy atom. The highest BCUT2D eigenvalue weighted by atomic mass is 15.4. The summed E-state index contributed by atoms with van der Waals surface area (Å²) in [6, 6.07) is 0. The number of nitrogens with zero attached hydrogens (tertiary/aromatic N) is 4. The second-order valence-electron chi connectivity index (χ2n) is 3.94. The molecule has 0 amide bonds. The van der Waals surface area contributed by atoms with Crippen LogP contribution in [0.15, 0.2) is 18.9 Å². The Morgan fingerprint density at radius 1 is 1.53 bits per heavy atom. The monoisotopic (exact) mass is 237 g/mol. The van der Waals surface area contributed by atoms with Crippen molar-refractivity contribution in [2.75, 3.05) is 26.2 Å². The summed E-state index contributed by atoms with van der Waals surface area (Å²) in [6.45, 7) is 13.6. The average Bonchev–Trinajstić information content (AvgIpc) is 2.80. The molecule has 1 aromatic heterocycles. The van der Waals surface area contributed by atoms with Crippen LogP contribution >= 0.6 is 0 Å². The van der Waals surface area contributed by atoms with Crippen molar-refractivity contribution in [2.45, 2.75) is 26.9 Å². The minimum atomic E-state index is 0.792. The highest BCUT2D eigenvalue weighted by molar-refractivity contribution is 4.91. The third-order valence-electron chi connectivity index (χ3n) is 2.62. The van der Waals surface area contributed by atoms with Gasteiger partial charge in [0.1, 0.15) is 0 Å². The van der Waals surface area contributed by atoms with Crippen molar-refractivity contribution >= 4 is 0 Å². The maximum Gasteiger partial charge on any atom is 0.0964 e. The van der Waals surface area contributed by atoms with Crippen molar-refractivity contribution < 1.29 is 0 Å². The number of hydrogen-bond acceptors (Lipinski definition) is 4. The van der Waals surface area contributed by atoms with Gasteiger partial charge in [0, 0.05) is 25.8 Å². The van der Waals surface area contributed by atoms with Gasteiger partial charge in [0.15, 0.2) is 0 Å². The maximum absolute atomic E-state index is 4.12. The summed E-state index contributed by atoms with van der Waals surface area (Å²) in [4.78, 5) is 2.32. The maximum atomic E-state index is 4.12. The largest absolute Gasteiger partial charge is 0.311 e. The van der Waals surface area contributed by atoms with Gasteiger partial charge >= 0.3 is 0 Å². The molecule has 0 aliphatic carbocycles. The first-order valence-electron chi connectivity index (χ1n) is 6.23. The molecule has 0 atom stereocenters. The fourth-order valence-corrected chi connectivity index (χ4v) is 1.59. The molecule has 17 heavy (non-hydrogen) atoms. The summed E-state index contributed by atoms with van der Waals surface area (Å²) >= 11 is 0. The van der Waals surface area contributed by atoms with Gasteiger partial charge < -0.3 is 5.32 Å². The second-order valence-corrected chi connectivity index (χ2v) is 3.94. The number of likely N-dealkylation sites (N-methyl/N-ethyl adjacent to an activating group) is 1. The molecule has 0 saturated carbocycles. The Hall–Kier alpha value is -1.20. The lowest BCUT2D eigenvalue weighted by molar-refractivity contribution is 0.297. The van der Waals surface area contributed by atoms with Crippen LogP contribution in [0.2, 0.25) is 0 Å². The quantitative estimate of drug-likeness (QED) is 0.648. The fraction of sp³-hybridized carbons (Fsp3) is 0.667. The van der Waals surface area contributed by atoms with Gasteiger partial charge in [-0.05, 0) is 13.1 Å². The number of aromatic nitrogens is 3. The first-order chi connectivity index (χ1) is 8.30. The molecule has 1 aromatic rings. The van der Waals surface area contributed by atoms with E-state index in [1.54, 1.807) is 0 Å². The lowest BCUT2D eigenvalue weighted by Crippen LogP contribution is -2.27. The zero-order chi connectivity index (χ0) is 12.5. The molecule has 0 unspecified atom stereocenters. The summed E-state index contributed by atoms with van der Waals surface area (Å²) in [7, 11) is 0. The normalized spacial score (nSPS) is 11.0. The Kier molecular flexibility index (Phi) is 6.50. The topological polar surface area (TPSA) is 46.0 Å². The van der Waals surface area contributed by atoms with E-state index in [0.29, 0.717) is 0 Å². The summed E-state index contributed by atoms with van der Waals surface area (Å²) in [5.74, 6) is 0. The van der Waals surface area contributed by atoms with Gasteiger partial charge in [-0.2, -0.15) is 0 Å². The molecule has 5 heteroatoms. The summed E-state index contributed by atoms with van der Waals surface area (Å²) in [6.07, 6.45) is 3.94. The molecular formula is C12H23N5.